The summed E-state index contributed by atoms with van der Waals surface area (Å²) in [6.07, 6.45) is 0. The molecule has 0 bridgehead atoms. The first-order valence-electron chi connectivity index (χ1n) is 20.8. The molecule has 0 fully saturated rings. The summed E-state index contributed by atoms with van der Waals surface area (Å²) >= 11 is 0. The fourth-order valence-electron chi connectivity index (χ4n) is 8.86. The molecule has 0 aliphatic heterocycles. The molecule has 0 spiro atoms. The summed E-state index contributed by atoms with van der Waals surface area (Å²) in [4.78, 5) is 4.62. The van der Waals surface area contributed by atoms with Crippen molar-refractivity contribution < 1.29 is 0 Å². The summed E-state index contributed by atoms with van der Waals surface area (Å²) in [5, 5.41) is 4.89. The Morgan fingerprint density at radius 2 is 0.738 bits per heavy atom. The van der Waals surface area contributed by atoms with Crippen LogP contribution in [0.1, 0.15) is 0 Å². The number of rotatable bonds is 9. The molecule has 0 aliphatic rings. The topological polar surface area (TPSA) is 11.4 Å². The summed E-state index contributed by atoms with van der Waals surface area (Å²) < 4.78 is 2.46. The number of nitrogens with zero attached hydrogens (tertiary/aromatic N) is 3. The van der Waals surface area contributed by atoms with Crippen LogP contribution in [0.5, 0.6) is 0 Å². The zero-order chi connectivity index (χ0) is 40.5. The standard InChI is InChI=1S/C58H41N3/c1-5-18-47(19-6-1)59(48-20-7-2-8-21-48)51-34-28-43(29-35-51)46-33-39-57-56(41-46)55-27-15-26-54(58(55)61(57)53-38-30-42-16-13-14-17-45(42)40-53)44-31-36-52(37-32-44)60(49-22-9-3-10-23-49)50-24-11-4-12-25-50/h1-41H. The number of hydrogen-bond acceptors (Lipinski definition) is 2. The molecule has 0 atom stereocenters. The average Bonchev–Trinajstić information content (AvgIpc) is 3.67. The van der Waals surface area contributed by atoms with E-state index in [9.17, 15) is 0 Å². The summed E-state index contributed by atoms with van der Waals surface area (Å²) in [5.41, 5.74) is 14.9. The van der Waals surface area contributed by atoms with Crippen LogP contribution in [0, 0.1) is 0 Å². The first-order valence-corrected chi connectivity index (χ1v) is 20.8. The summed E-state index contributed by atoms with van der Waals surface area (Å²) in [6, 6.07) is 89.4. The Balaban J connectivity index is 1.04. The van der Waals surface area contributed by atoms with Crippen molar-refractivity contribution in [1.29, 1.82) is 0 Å². The van der Waals surface area contributed by atoms with E-state index in [1.165, 1.54) is 49.3 Å². The molecule has 61 heavy (non-hydrogen) atoms. The monoisotopic (exact) mass is 779 g/mol. The third kappa shape index (κ3) is 6.69. The van der Waals surface area contributed by atoms with Crippen LogP contribution in [0.15, 0.2) is 249 Å². The van der Waals surface area contributed by atoms with Crippen molar-refractivity contribution in [2.75, 3.05) is 9.80 Å². The van der Waals surface area contributed by atoms with Crippen LogP contribution in [0.4, 0.5) is 34.1 Å². The highest BCUT2D eigenvalue weighted by Crippen LogP contribution is 2.42. The molecule has 3 heteroatoms. The Kier molecular flexibility index (Phi) is 9.18. The van der Waals surface area contributed by atoms with E-state index in [0.717, 1.165) is 45.4 Å². The number of anilines is 6. The van der Waals surface area contributed by atoms with Crippen molar-refractivity contribution in [3.63, 3.8) is 0 Å². The normalized spacial score (nSPS) is 11.3. The van der Waals surface area contributed by atoms with E-state index in [4.69, 9.17) is 0 Å². The zero-order valence-corrected chi connectivity index (χ0v) is 33.5. The van der Waals surface area contributed by atoms with E-state index in [1.807, 2.05) is 0 Å². The van der Waals surface area contributed by atoms with Crippen LogP contribution in [0.3, 0.4) is 0 Å². The second kappa shape index (κ2) is 15.6. The maximum absolute atomic E-state index is 2.46. The highest BCUT2D eigenvalue weighted by atomic mass is 15.1. The van der Waals surface area contributed by atoms with Crippen molar-refractivity contribution in [2.45, 2.75) is 0 Å². The Morgan fingerprint density at radius 1 is 0.279 bits per heavy atom. The summed E-state index contributed by atoms with van der Waals surface area (Å²) in [6.45, 7) is 0. The molecule has 1 heterocycles. The minimum absolute atomic E-state index is 1.11. The smallest absolute Gasteiger partial charge is 0.0619 e. The van der Waals surface area contributed by atoms with Crippen molar-refractivity contribution >= 4 is 66.7 Å². The van der Waals surface area contributed by atoms with E-state index in [0.29, 0.717) is 0 Å². The van der Waals surface area contributed by atoms with Gasteiger partial charge in [0.1, 0.15) is 0 Å². The lowest BCUT2D eigenvalue weighted by molar-refractivity contribution is 1.19. The van der Waals surface area contributed by atoms with Gasteiger partial charge >= 0.3 is 0 Å². The van der Waals surface area contributed by atoms with Gasteiger partial charge in [-0.05, 0) is 125 Å². The molecule has 0 saturated heterocycles. The predicted molar refractivity (Wildman–Crippen MR) is 259 cm³/mol. The van der Waals surface area contributed by atoms with Crippen molar-refractivity contribution in [3.05, 3.63) is 249 Å². The van der Waals surface area contributed by atoms with Crippen LogP contribution in [0.25, 0.3) is 60.5 Å². The first kappa shape index (κ1) is 36.0. The molecule has 11 rings (SSSR count). The summed E-state index contributed by atoms with van der Waals surface area (Å²) in [7, 11) is 0. The second-order valence-electron chi connectivity index (χ2n) is 15.4. The molecule has 0 N–H and O–H groups in total. The van der Waals surface area contributed by atoms with Crippen molar-refractivity contribution in [1.82, 2.24) is 4.57 Å². The van der Waals surface area contributed by atoms with Gasteiger partial charge in [0.05, 0.1) is 11.0 Å². The lowest BCUT2D eigenvalue weighted by atomic mass is 9.99. The fourth-order valence-corrected chi connectivity index (χ4v) is 8.86. The Hall–Kier alpha value is -8.14. The van der Waals surface area contributed by atoms with Crippen LogP contribution in [0.2, 0.25) is 0 Å². The number of benzene rings is 10. The fraction of sp³-hybridized carbons (Fsp3) is 0. The maximum Gasteiger partial charge on any atom is 0.0619 e. The lowest BCUT2D eigenvalue weighted by Gasteiger charge is -2.25. The Labute approximate surface area is 356 Å². The third-order valence-corrected chi connectivity index (χ3v) is 11.7. The largest absolute Gasteiger partial charge is 0.311 e. The van der Waals surface area contributed by atoms with Crippen molar-refractivity contribution in [3.8, 4) is 27.9 Å². The SMILES string of the molecule is c1ccc(N(c2ccccc2)c2ccc(-c3ccc4c(c3)c3cccc(-c5ccc(N(c6ccccc6)c6ccccc6)cc5)c3n4-c3ccc4ccccc4c3)cc2)cc1. The van der Waals surface area contributed by atoms with Crippen LogP contribution >= 0.6 is 0 Å². The van der Waals surface area contributed by atoms with E-state index in [1.54, 1.807) is 0 Å². The molecule has 3 nitrogen and oxygen atoms in total. The van der Waals surface area contributed by atoms with Crippen molar-refractivity contribution in [2.24, 2.45) is 0 Å². The van der Waals surface area contributed by atoms with E-state index in [2.05, 4.69) is 263 Å². The second-order valence-corrected chi connectivity index (χ2v) is 15.4. The minimum Gasteiger partial charge on any atom is -0.311 e. The lowest BCUT2D eigenvalue weighted by Crippen LogP contribution is -2.09. The molecule has 0 saturated carbocycles. The number of hydrogen-bond donors (Lipinski definition) is 0. The van der Waals surface area contributed by atoms with Crippen LogP contribution in [-0.2, 0) is 0 Å². The van der Waals surface area contributed by atoms with Gasteiger partial charge in [-0.3, -0.25) is 0 Å². The van der Waals surface area contributed by atoms with Gasteiger partial charge < -0.3 is 14.4 Å². The Morgan fingerprint density at radius 3 is 1.28 bits per heavy atom. The number of fused-ring (bicyclic) bond motifs is 4. The van der Waals surface area contributed by atoms with Gasteiger partial charge in [0.2, 0.25) is 0 Å². The zero-order valence-electron chi connectivity index (χ0n) is 33.5. The van der Waals surface area contributed by atoms with E-state index >= 15 is 0 Å². The highest BCUT2D eigenvalue weighted by molar-refractivity contribution is 6.15. The molecular formula is C58H41N3. The van der Waals surface area contributed by atoms with Gasteiger partial charge in [0.25, 0.3) is 0 Å². The summed E-state index contributed by atoms with van der Waals surface area (Å²) in [5.74, 6) is 0. The van der Waals surface area contributed by atoms with Gasteiger partial charge in [-0.1, -0.05) is 152 Å². The molecule has 0 radical (unpaired) electrons. The van der Waals surface area contributed by atoms with Gasteiger partial charge in [-0.25, -0.2) is 0 Å². The number of aromatic nitrogens is 1. The molecule has 0 aliphatic carbocycles. The van der Waals surface area contributed by atoms with Gasteiger partial charge in [-0.15, -0.1) is 0 Å². The molecule has 11 aromatic rings. The average molecular weight is 780 g/mol. The van der Waals surface area contributed by atoms with E-state index < -0.39 is 0 Å². The quantitative estimate of drug-likeness (QED) is 0.145. The first-order chi connectivity index (χ1) is 30.3. The highest BCUT2D eigenvalue weighted by Gasteiger charge is 2.19. The Bertz CT molecular complexity index is 3190. The predicted octanol–water partition coefficient (Wildman–Crippen LogP) is 16.2. The number of para-hydroxylation sites is 5. The minimum atomic E-state index is 1.11. The molecule has 288 valence electrons. The molecular weight excluding hydrogens is 739 g/mol. The maximum atomic E-state index is 2.46. The molecule has 0 amide bonds. The van der Waals surface area contributed by atoms with Crippen LogP contribution in [-0.4, -0.2) is 4.57 Å². The van der Waals surface area contributed by atoms with Crippen LogP contribution < -0.4 is 9.80 Å². The third-order valence-electron chi connectivity index (χ3n) is 11.7. The van der Waals surface area contributed by atoms with Gasteiger partial charge in [0, 0.05) is 56.1 Å². The molecule has 0 unspecified atom stereocenters. The van der Waals surface area contributed by atoms with Gasteiger partial charge in [0.15, 0.2) is 0 Å². The molecule has 1 aromatic heterocycles. The van der Waals surface area contributed by atoms with Gasteiger partial charge in [-0.2, -0.15) is 0 Å². The molecule has 10 aromatic carbocycles. The van der Waals surface area contributed by atoms with E-state index in [-0.39, 0.29) is 0 Å².